The van der Waals surface area contributed by atoms with E-state index in [9.17, 15) is 9.59 Å². The van der Waals surface area contributed by atoms with E-state index in [-0.39, 0.29) is 11.8 Å². The van der Waals surface area contributed by atoms with Crippen molar-refractivity contribution in [2.45, 2.75) is 25.9 Å². The third-order valence-electron chi connectivity index (χ3n) is 2.88. The molecule has 5 nitrogen and oxygen atoms in total. The first-order chi connectivity index (χ1) is 8.97. The van der Waals surface area contributed by atoms with Crippen LogP contribution in [0, 0.1) is 5.92 Å². The van der Waals surface area contributed by atoms with Crippen molar-refractivity contribution in [3.8, 4) is 0 Å². The van der Waals surface area contributed by atoms with Gasteiger partial charge in [-0.15, -0.1) is 0 Å². The second-order valence-corrected chi connectivity index (χ2v) is 4.65. The smallest absolute Gasteiger partial charge is 0.333 e. The first kappa shape index (κ1) is 15.2. The molecule has 0 aliphatic carbocycles. The van der Waals surface area contributed by atoms with Crippen LogP contribution < -0.4 is 11.1 Å². The van der Waals surface area contributed by atoms with E-state index in [1.54, 1.807) is 24.3 Å². The number of benzene rings is 1. The maximum Gasteiger partial charge on any atom is 0.333 e. The molecule has 0 saturated carbocycles. The van der Waals surface area contributed by atoms with Crippen LogP contribution in [0.15, 0.2) is 30.3 Å². The molecule has 0 aliphatic heterocycles. The minimum atomic E-state index is -0.830. The molecule has 0 heterocycles. The number of hydrogen-bond donors (Lipinski definition) is 2. The Kier molecular flexibility index (Phi) is 5.51. The maximum atomic E-state index is 11.9. The Morgan fingerprint density at radius 2 is 1.79 bits per heavy atom. The molecular weight excluding hydrogens is 244 g/mol. The van der Waals surface area contributed by atoms with Crippen LogP contribution in [-0.4, -0.2) is 25.0 Å². The predicted molar refractivity (Wildman–Crippen MR) is 72.2 cm³/mol. The number of methoxy groups -OCH3 is 1. The summed E-state index contributed by atoms with van der Waals surface area (Å²) in [6, 6.07) is 7.43. The van der Waals surface area contributed by atoms with E-state index in [0.717, 1.165) is 0 Å². The molecule has 19 heavy (non-hydrogen) atoms. The van der Waals surface area contributed by atoms with Crippen LogP contribution in [0.1, 0.15) is 25.5 Å². The van der Waals surface area contributed by atoms with Crippen LogP contribution in [0.25, 0.3) is 0 Å². The van der Waals surface area contributed by atoms with Crippen molar-refractivity contribution in [2.75, 3.05) is 7.11 Å². The molecule has 0 bridgehead atoms. The lowest BCUT2D eigenvalue weighted by atomic mass is 10.0. The fourth-order valence-corrected chi connectivity index (χ4v) is 1.58. The van der Waals surface area contributed by atoms with Crippen molar-refractivity contribution < 1.29 is 14.3 Å². The number of nitrogens with one attached hydrogen (secondary N) is 1. The van der Waals surface area contributed by atoms with Gasteiger partial charge in [-0.1, -0.05) is 44.2 Å². The van der Waals surface area contributed by atoms with Gasteiger partial charge in [0.1, 0.15) is 0 Å². The van der Waals surface area contributed by atoms with Crippen molar-refractivity contribution in [3.05, 3.63) is 35.9 Å². The van der Waals surface area contributed by atoms with Gasteiger partial charge in [-0.25, -0.2) is 4.79 Å². The molecule has 5 heteroatoms. The van der Waals surface area contributed by atoms with Gasteiger partial charge in [0.05, 0.1) is 13.2 Å². The molecule has 0 fully saturated rings. The summed E-state index contributed by atoms with van der Waals surface area (Å²) < 4.78 is 4.71. The standard InChI is InChI=1S/C14H20N2O3/c1-9(2)11(15)13(17)16-12(14(18)19-3)10-7-5-4-6-8-10/h4-9,11-12H,15H2,1-3H3,(H,16,17)/t11-,12?/m1/s1. The Labute approximate surface area is 113 Å². The quantitative estimate of drug-likeness (QED) is 0.777. The summed E-state index contributed by atoms with van der Waals surface area (Å²) in [5.41, 5.74) is 6.43. The lowest BCUT2D eigenvalue weighted by Crippen LogP contribution is -2.47. The average Bonchev–Trinajstić information content (AvgIpc) is 2.43. The Hall–Kier alpha value is -1.88. The number of amides is 1. The van der Waals surface area contributed by atoms with E-state index in [0.29, 0.717) is 5.56 Å². The zero-order valence-electron chi connectivity index (χ0n) is 11.4. The molecule has 0 spiro atoms. The van der Waals surface area contributed by atoms with Crippen LogP contribution in [0.3, 0.4) is 0 Å². The summed E-state index contributed by atoms with van der Waals surface area (Å²) in [6.07, 6.45) is 0. The van der Waals surface area contributed by atoms with Crippen molar-refractivity contribution >= 4 is 11.9 Å². The third-order valence-corrected chi connectivity index (χ3v) is 2.88. The second kappa shape index (κ2) is 6.89. The molecule has 0 radical (unpaired) electrons. The fourth-order valence-electron chi connectivity index (χ4n) is 1.58. The zero-order chi connectivity index (χ0) is 14.4. The first-order valence-electron chi connectivity index (χ1n) is 6.16. The summed E-state index contributed by atoms with van der Waals surface area (Å²) in [6.45, 7) is 3.69. The van der Waals surface area contributed by atoms with Crippen LogP contribution in [0.5, 0.6) is 0 Å². The maximum absolute atomic E-state index is 11.9. The number of carbonyl (C=O) groups excluding carboxylic acids is 2. The lowest BCUT2D eigenvalue weighted by Gasteiger charge is -2.21. The number of hydrogen-bond acceptors (Lipinski definition) is 4. The highest BCUT2D eigenvalue weighted by molar-refractivity contribution is 5.88. The molecular formula is C14H20N2O3. The van der Waals surface area contributed by atoms with Crippen LogP contribution in [0.4, 0.5) is 0 Å². The molecule has 0 aromatic heterocycles. The molecule has 0 aliphatic rings. The zero-order valence-corrected chi connectivity index (χ0v) is 11.4. The van der Waals surface area contributed by atoms with Gasteiger partial charge in [-0.05, 0) is 11.5 Å². The molecule has 1 aromatic rings. The summed E-state index contributed by atoms with van der Waals surface area (Å²) in [7, 11) is 1.28. The number of carbonyl (C=O) groups is 2. The van der Waals surface area contributed by atoms with Gasteiger partial charge in [0.2, 0.25) is 5.91 Å². The van der Waals surface area contributed by atoms with Gasteiger partial charge in [0, 0.05) is 0 Å². The van der Waals surface area contributed by atoms with Gasteiger partial charge < -0.3 is 15.8 Å². The minimum absolute atomic E-state index is 0.00549. The minimum Gasteiger partial charge on any atom is -0.467 e. The van der Waals surface area contributed by atoms with E-state index < -0.39 is 18.1 Å². The molecule has 1 aromatic carbocycles. The van der Waals surface area contributed by atoms with Gasteiger partial charge >= 0.3 is 5.97 Å². The summed E-state index contributed by atoms with van der Waals surface area (Å²) in [5.74, 6) is -0.890. The predicted octanol–water partition coefficient (Wildman–Crippen LogP) is 1.00. The van der Waals surface area contributed by atoms with Crippen molar-refractivity contribution in [1.82, 2.24) is 5.32 Å². The van der Waals surface area contributed by atoms with Gasteiger partial charge in [-0.2, -0.15) is 0 Å². The van der Waals surface area contributed by atoms with Crippen LogP contribution in [-0.2, 0) is 14.3 Å². The molecule has 3 N–H and O–H groups in total. The lowest BCUT2D eigenvalue weighted by molar-refractivity contribution is -0.145. The van der Waals surface area contributed by atoms with Crippen molar-refractivity contribution in [2.24, 2.45) is 11.7 Å². The summed E-state index contributed by atoms with van der Waals surface area (Å²) in [5, 5.41) is 2.63. The van der Waals surface area contributed by atoms with E-state index in [1.165, 1.54) is 7.11 Å². The Morgan fingerprint density at radius 3 is 2.26 bits per heavy atom. The molecule has 1 unspecified atom stereocenters. The van der Waals surface area contributed by atoms with Crippen molar-refractivity contribution in [1.29, 1.82) is 0 Å². The highest BCUT2D eigenvalue weighted by Gasteiger charge is 2.26. The first-order valence-corrected chi connectivity index (χ1v) is 6.16. The molecule has 104 valence electrons. The van der Waals surface area contributed by atoms with E-state index >= 15 is 0 Å². The third kappa shape index (κ3) is 4.06. The largest absolute Gasteiger partial charge is 0.467 e. The van der Waals surface area contributed by atoms with Crippen LogP contribution >= 0.6 is 0 Å². The Morgan fingerprint density at radius 1 is 1.21 bits per heavy atom. The van der Waals surface area contributed by atoms with Crippen LogP contribution in [0.2, 0.25) is 0 Å². The highest BCUT2D eigenvalue weighted by atomic mass is 16.5. The number of rotatable bonds is 5. The topological polar surface area (TPSA) is 81.4 Å². The highest BCUT2D eigenvalue weighted by Crippen LogP contribution is 2.14. The van der Waals surface area contributed by atoms with E-state index in [1.807, 2.05) is 19.9 Å². The second-order valence-electron chi connectivity index (χ2n) is 4.65. The summed E-state index contributed by atoms with van der Waals surface area (Å²) >= 11 is 0. The molecule has 1 rings (SSSR count). The SMILES string of the molecule is COC(=O)C(NC(=O)[C@H](N)C(C)C)c1ccccc1. The Bertz CT molecular complexity index is 432. The fraction of sp³-hybridized carbons (Fsp3) is 0.429. The normalized spacial score (nSPS) is 13.7. The summed E-state index contributed by atoms with van der Waals surface area (Å²) in [4.78, 5) is 23.7. The average molecular weight is 264 g/mol. The molecule has 2 atom stereocenters. The van der Waals surface area contributed by atoms with E-state index in [4.69, 9.17) is 10.5 Å². The number of nitrogens with two attached hydrogens (primary N) is 1. The van der Waals surface area contributed by atoms with Gasteiger partial charge in [0.15, 0.2) is 6.04 Å². The monoisotopic (exact) mass is 264 g/mol. The molecule has 1 amide bonds. The number of ether oxygens (including phenoxy) is 1. The van der Waals surface area contributed by atoms with Gasteiger partial charge in [-0.3, -0.25) is 4.79 Å². The molecule has 0 saturated heterocycles. The Balaban J connectivity index is 2.88. The van der Waals surface area contributed by atoms with Gasteiger partial charge in [0.25, 0.3) is 0 Å². The van der Waals surface area contributed by atoms with E-state index in [2.05, 4.69) is 5.32 Å². The number of esters is 1. The van der Waals surface area contributed by atoms with Crippen molar-refractivity contribution in [3.63, 3.8) is 0 Å².